The average Bonchev–Trinajstić information content (AvgIpc) is 2.54. The number of nitrogens with zero attached hydrogens (tertiary/aromatic N) is 2. The fraction of sp³-hybridized carbons (Fsp3) is 0.611. The van der Waals surface area contributed by atoms with Crippen molar-refractivity contribution in [3.8, 4) is 0 Å². The lowest BCUT2D eigenvalue weighted by Gasteiger charge is -2.34. The van der Waals surface area contributed by atoms with Gasteiger partial charge in [0, 0.05) is 31.7 Å². The number of amides is 2. The van der Waals surface area contributed by atoms with Crippen molar-refractivity contribution in [3.05, 3.63) is 18.3 Å². The van der Waals surface area contributed by atoms with Crippen LogP contribution in [0.5, 0.6) is 0 Å². The maximum Gasteiger partial charge on any atom is 0.227 e. The van der Waals surface area contributed by atoms with E-state index in [2.05, 4.69) is 20.5 Å². The number of aromatic nitrogens is 1. The quantitative estimate of drug-likeness (QED) is 0.868. The number of rotatable bonds is 5. The van der Waals surface area contributed by atoms with Crippen LogP contribution in [0.1, 0.15) is 39.0 Å². The van der Waals surface area contributed by atoms with E-state index in [-0.39, 0.29) is 23.7 Å². The summed E-state index contributed by atoms with van der Waals surface area (Å²) in [6.07, 6.45) is 6.69. The van der Waals surface area contributed by atoms with E-state index in [1.807, 2.05) is 19.1 Å². The highest BCUT2D eigenvalue weighted by atomic mass is 16.2. The molecular weight excluding hydrogens is 304 g/mol. The van der Waals surface area contributed by atoms with Gasteiger partial charge in [-0.2, -0.15) is 0 Å². The highest BCUT2D eigenvalue weighted by Crippen LogP contribution is 2.31. The van der Waals surface area contributed by atoms with Crippen molar-refractivity contribution < 1.29 is 9.59 Å². The number of piperidine rings is 1. The topological polar surface area (TPSA) is 74.3 Å². The minimum Gasteiger partial charge on any atom is -0.356 e. The van der Waals surface area contributed by atoms with Gasteiger partial charge in [-0.3, -0.25) is 9.59 Å². The van der Waals surface area contributed by atoms with E-state index in [4.69, 9.17) is 0 Å². The average molecular weight is 330 g/mol. The standard InChI is InChI=1S/C18H26N4O2/c1-2-19-17(23)14-8-5-11-22(12-14)16-15(9-4-10-20-16)21-18(24)13-6-3-7-13/h4,9-10,13-14H,2-3,5-8,11-12H2,1H3,(H,19,23)(H,21,24). The van der Waals surface area contributed by atoms with Gasteiger partial charge in [-0.25, -0.2) is 4.98 Å². The van der Waals surface area contributed by atoms with Gasteiger partial charge in [-0.05, 0) is 44.7 Å². The molecule has 2 amide bonds. The molecule has 0 bridgehead atoms. The largest absolute Gasteiger partial charge is 0.356 e. The van der Waals surface area contributed by atoms with Gasteiger partial charge in [0.15, 0.2) is 5.82 Å². The molecule has 6 nitrogen and oxygen atoms in total. The molecule has 1 saturated carbocycles. The van der Waals surface area contributed by atoms with Crippen LogP contribution >= 0.6 is 0 Å². The van der Waals surface area contributed by atoms with Crippen molar-refractivity contribution in [1.29, 1.82) is 0 Å². The van der Waals surface area contributed by atoms with Crippen LogP contribution in [0.15, 0.2) is 18.3 Å². The molecule has 1 atom stereocenters. The molecular formula is C18H26N4O2. The Morgan fingerprint density at radius 3 is 2.71 bits per heavy atom. The molecule has 130 valence electrons. The Morgan fingerprint density at radius 1 is 1.21 bits per heavy atom. The van der Waals surface area contributed by atoms with E-state index in [1.54, 1.807) is 6.20 Å². The van der Waals surface area contributed by atoms with Gasteiger partial charge < -0.3 is 15.5 Å². The normalized spacial score (nSPS) is 21.0. The van der Waals surface area contributed by atoms with Gasteiger partial charge in [0.2, 0.25) is 11.8 Å². The summed E-state index contributed by atoms with van der Waals surface area (Å²) in [7, 11) is 0. The zero-order valence-corrected chi connectivity index (χ0v) is 14.3. The Kier molecular flexibility index (Phi) is 5.33. The van der Waals surface area contributed by atoms with E-state index < -0.39 is 0 Å². The predicted molar refractivity (Wildman–Crippen MR) is 93.8 cm³/mol. The lowest BCUT2D eigenvalue weighted by atomic mass is 9.85. The minimum atomic E-state index is -0.0177. The highest BCUT2D eigenvalue weighted by molar-refractivity contribution is 5.95. The van der Waals surface area contributed by atoms with Gasteiger partial charge >= 0.3 is 0 Å². The Labute approximate surface area is 143 Å². The summed E-state index contributed by atoms with van der Waals surface area (Å²) in [5.41, 5.74) is 0.756. The molecule has 2 fully saturated rings. The van der Waals surface area contributed by atoms with Crippen molar-refractivity contribution in [2.75, 3.05) is 29.9 Å². The first-order valence-electron chi connectivity index (χ1n) is 8.97. The Morgan fingerprint density at radius 2 is 2.00 bits per heavy atom. The van der Waals surface area contributed by atoms with E-state index in [9.17, 15) is 9.59 Å². The van der Waals surface area contributed by atoms with Crippen molar-refractivity contribution >= 4 is 23.3 Å². The van der Waals surface area contributed by atoms with Gasteiger partial charge in [-0.1, -0.05) is 6.42 Å². The maximum atomic E-state index is 12.3. The summed E-state index contributed by atoms with van der Waals surface area (Å²) >= 11 is 0. The fourth-order valence-corrected chi connectivity index (χ4v) is 3.35. The summed E-state index contributed by atoms with van der Waals surface area (Å²) in [4.78, 5) is 31.0. The molecule has 24 heavy (non-hydrogen) atoms. The Hall–Kier alpha value is -2.11. The minimum absolute atomic E-state index is 0.0177. The van der Waals surface area contributed by atoms with E-state index in [0.717, 1.165) is 50.2 Å². The number of anilines is 2. The molecule has 1 aliphatic carbocycles. The molecule has 0 aromatic carbocycles. The summed E-state index contributed by atoms with van der Waals surface area (Å²) in [5, 5.41) is 5.94. The molecule has 1 aromatic rings. The SMILES string of the molecule is CCNC(=O)C1CCCN(c2ncccc2NC(=O)C2CCC2)C1. The van der Waals surface area contributed by atoms with Crippen LogP contribution in [0, 0.1) is 11.8 Å². The van der Waals surface area contributed by atoms with Crippen LogP contribution < -0.4 is 15.5 Å². The smallest absolute Gasteiger partial charge is 0.227 e. The molecule has 2 aliphatic rings. The third-order valence-corrected chi connectivity index (χ3v) is 4.96. The Bertz CT molecular complexity index is 600. The molecule has 0 radical (unpaired) electrons. The second-order valence-electron chi connectivity index (χ2n) is 6.67. The van der Waals surface area contributed by atoms with Gasteiger partial charge in [-0.15, -0.1) is 0 Å². The zero-order chi connectivity index (χ0) is 16.9. The number of hydrogen-bond acceptors (Lipinski definition) is 4. The molecule has 1 saturated heterocycles. The van der Waals surface area contributed by atoms with Gasteiger partial charge in [0.25, 0.3) is 0 Å². The highest BCUT2D eigenvalue weighted by Gasteiger charge is 2.29. The van der Waals surface area contributed by atoms with Gasteiger partial charge in [0.1, 0.15) is 0 Å². The second-order valence-corrected chi connectivity index (χ2v) is 6.67. The first-order valence-corrected chi connectivity index (χ1v) is 8.97. The number of carbonyl (C=O) groups is 2. The molecule has 1 unspecified atom stereocenters. The maximum absolute atomic E-state index is 12.3. The summed E-state index contributed by atoms with van der Waals surface area (Å²) < 4.78 is 0. The van der Waals surface area contributed by atoms with Crippen molar-refractivity contribution in [2.24, 2.45) is 11.8 Å². The Balaban J connectivity index is 1.71. The third kappa shape index (κ3) is 3.68. The molecule has 0 spiro atoms. The van der Waals surface area contributed by atoms with E-state index in [0.29, 0.717) is 13.1 Å². The monoisotopic (exact) mass is 330 g/mol. The molecule has 1 aromatic heterocycles. The molecule has 6 heteroatoms. The molecule has 2 N–H and O–H groups in total. The van der Waals surface area contributed by atoms with Crippen molar-refractivity contribution in [1.82, 2.24) is 10.3 Å². The van der Waals surface area contributed by atoms with Crippen LogP contribution in [0.3, 0.4) is 0 Å². The van der Waals surface area contributed by atoms with Crippen molar-refractivity contribution in [3.63, 3.8) is 0 Å². The summed E-state index contributed by atoms with van der Waals surface area (Å²) in [5.74, 6) is 1.10. The van der Waals surface area contributed by atoms with Gasteiger partial charge in [0.05, 0.1) is 11.6 Å². The van der Waals surface area contributed by atoms with E-state index in [1.165, 1.54) is 0 Å². The first kappa shape index (κ1) is 16.7. The zero-order valence-electron chi connectivity index (χ0n) is 14.3. The van der Waals surface area contributed by atoms with Crippen LogP contribution in [0.4, 0.5) is 11.5 Å². The predicted octanol–water partition coefficient (Wildman–Crippen LogP) is 2.17. The summed E-state index contributed by atoms with van der Waals surface area (Å²) in [6, 6.07) is 3.74. The molecule has 2 heterocycles. The lowest BCUT2D eigenvalue weighted by Crippen LogP contribution is -2.43. The summed E-state index contributed by atoms with van der Waals surface area (Å²) in [6.45, 7) is 4.10. The number of nitrogens with one attached hydrogen (secondary N) is 2. The van der Waals surface area contributed by atoms with Crippen LogP contribution in [0.2, 0.25) is 0 Å². The first-order chi connectivity index (χ1) is 11.7. The van der Waals surface area contributed by atoms with Crippen molar-refractivity contribution in [2.45, 2.75) is 39.0 Å². The second kappa shape index (κ2) is 7.64. The van der Waals surface area contributed by atoms with E-state index >= 15 is 0 Å². The molecule has 1 aliphatic heterocycles. The number of hydrogen-bond donors (Lipinski definition) is 2. The number of pyridine rings is 1. The fourth-order valence-electron chi connectivity index (χ4n) is 3.35. The van der Waals surface area contributed by atoms with Crippen LogP contribution in [-0.4, -0.2) is 36.4 Å². The van der Waals surface area contributed by atoms with Crippen LogP contribution in [-0.2, 0) is 9.59 Å². The lowest BCUT2D eigenvalue weighted by molar-refractivity contribution is -0.125. The van der Waals surface area contributed by atoms with Crippen LogP contribution in [0.25, 0.3) is 0 Å². The third-order valence-electron chi connectivity index (χ3n) is 4.96. The molecule has 3 rings (SSSR count). The number of carbonyl (C=O) groups excluding carboxylic acids is 2.